The minimum absolute atomic E-state index is 0.582. The van der Waals surface area contributed by atoms with E-state index in [0.29, 0.717) is 0 Å². The van der Waals surface area contributed by atoms with Crippen LogP contribution >= 0.6 is 0 Å². The maximum Gasteiger partial charge on any atom is 0.314 e. The molecule has 48 valence electrons. The van der Waals surface area contributed by atoms with Gasteiger partial charge in [-0.1, -0.05) is 6.58 Å². The molecule has 1 saturated carbocycles. The third-order valence-corrected chi connectivity index (χ3v) is 1.59. The van der Waals surface area contributed by atoms with E-state index in [1.807, 2.05) is 0 Å². The molecule has 0 radical (unpaired) electrons. The number of rotatable bonds is 2. The fourth-order valence-electron chi connectivity index (χ4n) is 0.750. The Morgan fingerprint density at radius 1 is 1.78 bits per heavy atom. The van der Waals surface area contributed by atoms with Crippen LogP contribution in [0.3, 0.4) is 0 Å². The molecule has 0 unspecified atom stereocenters. The van der Waals surface area contributed by atoms with E-state index in [2.05, 4.69) is 12.3 Å². The molecule has 9 heavy (non-hydrogen) atoms. The summed E-state index contributed by atoms with van der Waals surface area (Å²) in [4.78, 5) is 10.4. The van der Waals surface area contributed by atoms with Crippen LogP contribution in [-0.2, 0) is 4.79 Å². The number of carbonyl (C=O) groups is 1. The first kappa shape index (κ1) is 6.12. The van der Waals surface area contributed by atoms with Crippen LogP contribution in [0.25, 0.3) is 0 Å². The van der Waals surface area contributed by atoms with Crippen molar-refractivity contribution in [2.75, 3.05) is 0 Å². The standard InChI is InChI=1S/C7H8O2/c1-2-3-7(4-5-7)6(8)9/h3H,1,4-5H2,(H,8,9). The zero-order chi connectivity index (χ0) is 6.91. The summed E-state index contributed by atoms with van der Waals surface area (Å²) in [5.41, 5.74) is 1.91. The molecule has 0 aromatic rings. The molecule has 1 rings (SSSR count). The van der Waals surface area contributed by atoms with Gasteiger partial charge in [0.2, 0.25) is 0 Å². The molecule has 1 N–H and O–H groups in total. The molecule has 1 aliphatic carbocycles. The lowest BCUT2D eigenvalue weighted by molar-refractivity contribution is -0.141. The van der Waals surface area contributed by atoms with Gasteiger partial charge in [-0.25, -0.2) is 0 Å². The van der Waals surface area contributed by atoms with E-state index in [1.54, 1.807) is 0 Å². The number of hydrogen-bond donors (Lipinski definition) is 1. The summed E-state index contributed by atoms with van der Waals surface area (Å²) < 4.78 is 0. The van der Waals surface area contributed by atoms with Gasteiger partial charge in [-0.2, -0.15) is 0 Å². The largest absolute Gasteiger partial charge is 0.481 e. The van der Waals surface area contributed by atoms with Crippen LogP contribution < -0.4 is 0 Å². The van der Waals surface area contributed by atoms with Gasteiger partial charge in [-0.05, 0) is 18.9 Å². The second-order valence-corrected chi connectivity index (χ2v) is 2.31. The van der Waals surface area contributed by atoms with Crippen LogP contribution in [0, 0.1) is 5.41 Å². The summed E-state index contributed by atoms with van der Waals surface area (Å²) in [6.45, 7) is 3.32. The van der Waals surface area contributed by atoms with E-state index in [1.165, 1.54) is 6.08 Å². The normalized spacial score (nSPS) is 20.0. The molecule has 2 nitrogen and oxygen atoms in total. The molecular weight excluding hydrogens is 116 g/mol. The summed E-state index contributed by atoms with van der Waals surface area (Å²) in [7, 11) is 0. The molecule has 0 atom stereocenters. The number of hydrogen-bond acceptors (Lipinski definition) is 1. The molecule has 0 amide bonds. The maximum atomic E-state index is 10.4. The lowest BCUT2D eigenvalue weighted by atomic mass is 10.1. The Hall–Kier alpha value is -1.01. The van der Waals surface area contributed by atoms with Crippen molar-refractivity contribution in [3.8, 4) is 0 Å². The lowest BCUT2D eigenvalue weighted by Crippen LogP contribution is -2.10. The van der Waals surface area contributed by atoms with Crippen molar-refractivity contribution < 1.29 is 9.90 Å². The Balaban J connectivity index is 2.74. The van der Waals surface area contributed by atoms with E-state index >= 15 is 0 Å². The van der Waals surface area contributed by atoms with Crippen molar-refractivity contribution in [3.05, 3.63) is 18.4 Å². The molecule has 2 heteroatoms. The van der Waals surface area contributed by atoms with Crippen molar-refractivity contribution >= 4 is 5.97 Å². The Morgan fingerprint density at radius 3 is 2.44 bits per heavy atom. The van der Waals surface area contributed by atoms with Crippen molar-refractivity contribution in [2.24, 2.45) is 5.41 Å². The molecule has 1 fully saturated rings. The van der Waals surface area contributed by atoms with E-state index in [4.69, 9.17) is 5.11 Å². The molecule has 0 aromatic heterocycles. The second kappa shape index (κ2) is 1.74. The first-order valence-electron chi connectivity index (χ1n) is 2.82. The van der Waals surface area contributed by atoms with Crippen molar-refractivity contribution in [3.63, 3.8) is 0 Å². The average Bonchev–Trinajstić information content (AvgIpc) is 2.49. The fourth-order valence-corrected chi connectivity index (χ4v) is 0.750. The molecule has 0 saturated heterocycles. The quantitative estimate of drug-likeness (QED) is 0.561. The number of carboxylic acid groups (broad SMARTS) is 1. The van der Waals surface area contributed by atoms with Crippen LogP contribution in [0.2, 0.25) is 0 Å². The van der Waals surface area contributed by atoms with E-state index in [0.717, 1.165) is 12.8 Å². The first-order valence-corrected chi connectivity index (χ1v) is 2.82. The first-order chi connectivity index (χ1) is 4.21. The maximum absolute atomic E-state index is 10.4. The third kappa shape index (κ3) is 0.889. The Labute approximate surface area is 53.5 Å². The molecular formula is C7H8O2. The van der Waals surface area contributed by atoms with E-state index in [-0.39, 0.29) is 0 Å². The Kier molecular flexibility index (Phi) is 1.19. The highest BCUT2D eigenvalue weighted by molar-refractivity contribution is 5.80. The zero-order valence-corrected chi connectivity index (χ0v) is 5.05. The number of carboxylic acids is 1. The van der Waals surface area contributed by atoms with Gasteiger partial charge in [-0.3, -0.25) is 4.79 Å². The van der Waals surface area contributed by atoms with E-state index in [9.17, 15) is 4.79 Å². The van der Waals surface area contributed by atoms with Gasteiger partial charge in [0, 0.05) is 0 Å². The van der Waals surface area contributed by atoms with Crippen LogP contribution in [0.5, 0.6) is 0 Å². The van der Waals surface area contributed by atoms with Crippen molar-refractivity contribution in [2.45, 2.75) is 12.8 Å². The summed E-state index contributed by atoms with van der Waals surface area (Å²) in [6.07, 6.45) is 3.02. The highest BCUT2D eigenvalue weighted by Gasteiger charge is 2.47. The number of aliphatic carboxylic acids is 1. The van der Waals surface area contributed by atoms with Crippen molar-refractivity contribution in [1.82, 2.24) is 0 Å². The SMILES string of the molecule is C=C=CC1(C(=O)O)CC1. The van der Waals surface area contributed by atoms with Crippen molar-refractivity contribution in [1.29, 1.82) is 0 Å². The molecule has 1 aliphatic rings. The molecule has 0 heterocycles. The average molecular weight is 124 g/mol. The highest BCUT2D eigenvalue weighted by Crippen LogP contribution is 2.46. The predicted octanol–water partition coefficient (Wildman–Crippen LogP) is 1.19. The van der Waals surface area contributed by atoms with Gasteiger partial charge in [0.25, 0.3) is 0 Å². The van der Waals surface area contributed by atoms with Gasteiger partial charge < -0.3 is 5.11 Å². The predicted molar refractivity (Wildman–Crippen MR) is 33.0 cm³/mol. The minimum Gasteiger partial charge on any atom is -0.481 e. The van der Waals surface area contributed by atoms with E-state index < -0.39 is 11.4 Å². The van der Waals surface area contributed by atoms with Gasteiger partial charge >= 0.3 is 5.97 Å². The summed E-state index contributed by atoms with van der Waals surface area (Å²) in [6, 6.07) is 0. The topological polar surface area (TPSA) is 37.3 Å². The Morgan fingerprint density at radius 2 is 2.33 bits per heavy atom. The van der Waals surface area contributed by atoms with Gasteiger partial charge in [0.05, 0.1) is 5.41 Å². The van der Waals surface area contributed by atoms with Crippen LogP contribution in [-0.4, -0.2) is 11.1 Å². The third-order valence-electron chi connectivity index (χ3n) is 1.59. The Bertz CT molecular complexity index is 179. The summed E-state index contributed by atoms with van der Waals surface area (Å²) >= 11 is 0. The molecule has 0 bridgehead atoms. The highest BCUT2D eigenvalue weighted by atomic mass is 16.4. The van der Waals surface area contributed by atoms with Crippen LogP contribution in [0.1, 0.15) is 12.8 Å². The zero-order valence-electron chi connectivity index (χ0n) is 5.05. The monoisotopic (exact) mass is 124 g/mol. The van der Waals surface area contributed by atoms with Gasteiger partial charge in [0.15, 0.2) is 0 Å². The van der Waals surface area contributed by atoms with Crippen LogP contribution in [0.15, 0.2) is 18.4 Å². The lowest BCUT2D eigenvalue weighted by Gasteiger charge is -1.96. The molecule has 0 aromatic carbocycles. The van der Waals surface area contributed by atoms with Crippen LogP contribution in [0.4, 0.5) is 0 Å². The molecule has 0 spiro atoms. The summed E-state index contributed by atoms with van der Waals surface area (Å²) in [5, 5.41) is 8.54. The van der Waals surface area contributed by atoms with Gasteiger partial charge in [0.1, 0.15) is 0 Å². The second-order valence-electron chi connectivity index (χ2n) is 2.31. The summed E-state index contributed by atoms with van der Waals surface area (Å²) in [5.74, 6) is -0.751. The van der Waals surface area contributed by atoms with Gasteiger partial charge in [-0.15, -0.1) is 5.73 Å². The fraction of sp³-hybridized carbons (Fsp3) is 0.429. The minimum atomic E-state index is -0.751. The molecule has 0 aliphatic heterocycles. The smallest absolute Gasteiger partial charge is 0.314 e.